The Morgan fingerprint density at radius 1 is 0.917 bits per heavy atom. The zero-order valence-corrected chi connectivity index (χ0v) is 19.1. The van der Waals surface area contributed by atoms with Gasteiger partial charge in [-0.05, 0) is 48.7 Å². The lowest BCUT2D eigenvalue weighted by molar-refractivity contribution is -0.145. The average Bonchev–Trinajstić information content (AvgIpc) is 2.78. The molecule has 0 saturated carbocycles. The maximum absolute atomic E-state index is 13.4. The van der Waals surface area contributed by atoms with Crippen molar-refractivity contribution in [3.05, 3.63) is 65.2 Å². The molecule has 1 aliphatic heterocycles. The first-order valence-electron chi connectivity index (χ1n) is 10.5. The van der Waals surface area contributed by atoms with Crippen molar-refractivity contribution in [2.75, 3.05) is 13.1 Å². The summed E-state index contributed by atoms with van der Waals surface area (Å²) < 4.78 is 108. The van der Waals surface area contributed by atoms with Crippen LogP contribution in [-0.4, -0.2) is 43.4 Å². The summed E-state index contributed by atoms with van der Waals surface area (Å²) in [4.78, 5) is 25.2. The van der Waals surface area contributed by atoms with Crippen LogP contribution in [0.1, 0.15) is 35.6 Å². The molecule has 1 heterocycles. The van der Waals surface area contributed by atoms with E-state index in [0.29, 0.717) is 12.1 Å². The van der Waals surface area contributed by atoms with Crippen molar-refractivity contribution < 1.29 is 49.5 Å². The van der Waals surface area contributed by atoms with E-state index in [1.54, 1.807) is 4.72 Å². The van der Waals surface area contributed by atoms with Gasteiger partial charge in [-0.3, -0.25) is 14.5 Å². The summed E-state index contributed by atoms with van der Waals surface area (Å²) in [5.74, 6) is -3.34. The third-order valence-electron chi connectivity index (χ3n) is 5.71. The molecule has 2 aromatic rings. The van der Waals surface area contributed by atoms with Crippen LogP contribution in [0.4, 0.5) is 26.3 Å². The zero-order chi connectivity index (χ0) is 26.9. The molecule has 36 heavy (non-hydrogen) atoms. The lowest BCUT2D eigenvalue weighted by atomic mass is 9.92. The number of likely N-dealkylation sites (tertiary alicyclic amines) is 1. The minimum absolute atomic E-state index is 0.0460. The fourth-order valence-electron chi connectivity index (χ4n) is 3.92. The van der Waals surface area contributed by atoms with Crippen LogP contribution < -0.4 is 4.72 Å². The minimum Gasteiger partial charge on any atom is -0.481 e. The van der Waals surface area contributed by atoms with Gasteiger partial charge in [-0.2, -0.15) is 26.3 Å². The largest absolute Gasteiger partial charge is 0.481 e. The van der Waals surface area contributed by atoms with Gasteiger partial charge in [-0.1, -0.05) is 18.2 Å². The summed E-state index contributed by atoms with van der Waals surface area (Å²) >= 11 is 0. The number of piperidine rings is 1. The van der Waals surface area contributed by atoms with Gasteiger partial charge >= 0.3 is 18.3 Å². The third kappa shape index (κ3) is 6.35. The van der Waals surface area contributed by atoms with Gasteiger partial charge in [-0.25, -0.2) is 13.1 Å². The number of hydrogen-bond donors (Lipinski definition) is 2. The molecule has 14 heteroatoms. The van der Waals surface area contributed by atoms with Crippen LogP contribution in [0.2, 0.25) is 0 Å². The van der Waals surface area contributed by atoms with Crippen LogP contribution in [-0.2, 0) is 32.0 Å². The second-order valence-electron chi connectivity index (χ2n) is 8.17. The van der Waals surface area contributed by atoms with Crippen molar-refractivity contribution in [3.63, 3.8) is 0 Å². The molecule has 0 aliphatic carbocycles. The van der Waals surface area contributed by atoms with Gasteiger partial charge in [0.2, 0.25) is 0 Å². The first kappa shape index (κ1) is 27.5. The molecule has 1 amide bonds. The summed E-state index contributed by atoms with van der Waals surface area (Å²) in [5, 5.41) is 9.19. The van der Waals surface area contributed by atoms with E-state index in [2.05, 4.69) is 0 Å². The van der Waals surface area contributed by atoms with Crippen LogP contribution in [0.3, 0.4) is 0 Å². The zero-order valence-electron chi connectivity index (χ0n) is 18.3. The number of halogens is 6. The number of carboxylic acid groups (broad SMARTS) is 1. The Labute approximate surface area is 201 Å². The molecule has 1 saturated heterocycles. The van der Waals surface area contributed by atoms with Gasteiger partial charge in [0.05, 0.1) is 21.9 Å². The van der Waals surface area contributed by atoms with Crippen molar-refractivity contribution >= 4 is 21.9 Å². The Bertz CT molecular complexity index is 1190. The molecule has 0 radical (unpaired) electrons. The SMILES string of the molecule is O=C(O)C1CCN(C(C(=O)NS(=O)(=O)c2ccccc2)c2cc(C(F)(F)F)cc(C(F)(F)F)c2)CC1. The highest BCUT2D eigenvalue weighted by Gasteiger charge is 2.41. The standard InChI is InChI=1S/C22H20F6N2O5S/c23-21(24,25)15-10-14(11-16(12-15)22(26,27)28)18(30-8-6-13(7-9-30)20(32)33)19(31)29-36(34,35)17-4-2-1-3-5-17/h1-5,10-13,18H,6-9H2,(H,29,31)(H,32,33). The number of sulfonamides is 1. The van der Waals surface area contributed by atoms with E-state index in [4.69, 9.17) is 0 Å². The third-order valence-corrected chi connectivity index (χ3v) is 7.07. The lowest BCUT2D eigenvalue weighted by Crippen LogP contribution is -2.46. The van der Waals surface area contributed by atoms with E-state index in [1.807, 2.05) is 0 Å². The molecular weight excluding hydrogens is 518 g/mol. The van der Waals surface area contributed by atoms with Crippen molar-refractivity contribution in [2.45, 2.75) is 36.1 Å². The number of carbonyl (C=O) groups excluding carboxylic acids is 1. The maximum Gasteiger partial charge on any atom is 0.416 e. The molecule has 1 aliphatic rings. The van der Waals surface area contributed by atoms with Crippen LogP contribution in [0.25, 0.3) is 0 Å². The first-order valence-corrected chi connectivity index (χ1v) is 12.0. The molecule has 196 valence electrons. The Kier molecular flexibility index (Phi) is 7.69. The Hall–Kier alpha value is -3.13. The molecular formula is C22H20F6N2O5S. The molecule has 7 nitrogen and oxygen atoms in total. The number of hydrogen-bond acceptors (Lipinski definition) is 5. The fraction of sp³-hybridized carbons (Fsp3) is 0.364. The van der Waals surface area contributed by atoms with E-state index >= 15 is 0 Å². The average molecular weight is 538 g/mol. The van der Waals surface area contributed by atoms with Gasteiger partial charge in [0.25, 0.3) is 15.9 Å². The summed E-state index contributed by atoms with van der Waals surface area (Å²) in [7, 11) is -4.52. The highest BCUT2D eigenvalue weighted by Crippen LogP contribution is 2.39. The Balaban J connectivity index is 2.08. The van der Waals surface area contributed by atoms with Crippen molar-refractivity contribution in [3.8, 4) is 0 Å². The Morgan fingerprint density at radius 3 is 1.86 bits per heavy atom. The van der Waals surface area contributed by atoms with E-state index in [9.17, 15) is 49.5 Å². The van der Waals surface area contributed by atoms with E-state index < -0.39 is 62.9 Å². The monoisotopic (exact) mass is 538 g/mol. The van der Waals surface area contributed by atoms with Gasteiger partial charge in [0, 0.05) is 13.1 Å². The predicted octanol–water partition coefficient (Wildman–Crippen LogP) is 4.07. The molecule has 3 rings (SSSR count). The van der Waals surface area contributed by atoms with Crippen molar-refractivity contribution in [1.82, 2.24) is 9.62 Å². The number of benzene rings is 2. The van der Waals surface area contributed by atoms with Crippen molar-refractivity contribution in [1.29, 1.82) is 0 Å². The van der Waals surface area contributed by atoms with Crippen LogP contribution in [0.15, 0.2) is 53.4 Å². The Morgan fingerprint density at radius 2 is 1.42 bits per heavy atom. The smallest absolute Gasteiger partial charge is 0.416 e. The maximum atomic E-state index is 13.4. The van der Waals surface area contributed by atoms with Crippen LogP contribution in [0, 0.1) is 5.92 Å². The fourth-order valence-corrected chi connectivity index (χ4v) is 4.93. The van der Waals surface area contributed by atoms with Crippen molar-refractivity contribution in [2.24, 2.45) is 5.92 Å². The topological polar surface area (TPSA) is 104 Å². The van der Waals surface area contributed by atoms with E-state index in [0.717, 1.165) is 12.1 Å². The number of rotatable bonds is 6. The van der Waals surface area contributed by atoms with E-state index in [-0.39, 0.29) is 36.9 Å². The van der Waals surface area contributed by atoms with Gasteiger partial charge in [-0.15, -0.1) is 0 Å². The second-order valence-corrected chi connectivity index (χ2v) is 9.86. The summed E-state index contributed by atoms with van der Waals surface area (Å²) in [5.41, 5.74) is -4.07. The number of nitrogens with one attached hydrogen (secondary N) is 1. The van der Waals surface area contributed by atoms with Gasteiger partial charge in [0.15, 0.2) is 0 Å². The molecule has 0 bridgehead atoms. The summed E-state index contributed by atoms with van der Waals surface area (Å²) in [6, 6.07) is 5.25. The molecule has 1 fully saturated rings. The highest BCUT2D eigenvalue weighted by molar-refractivity contribution is 7.90. The van der Waals surface area contributed by atoms with Crippen LogP contribution in [0.5, 0.6) is 0 Å². The number of aliphatic carboxylic acids is 1. The quantitative estimate of drug-likeness (QED) is 0.538. The molecule has 1 unspecified atom stereocenters. The minimum atomic E-state index is -5.19. The normalized spacial score (nSPS) is 16.9. The number of amides is 1. The number of alkyl halides is 6. The molecule has 2 N–H and O–H groups in total. The van der Waals surface area contributed by atoms with E-state index in [1.165, 1.54) is 23.1 Å². The summed E-state index contributed by atoms with van der Waals surface area (Å²) in [6.07, 6.45) is -10.5. The molecule has 0 aromatic heterocycles. The predicted molar refractivity (Wildman–Crippen MR) is 113 cm³/mol. The molecule has 1 atom stereocenters. The van der Waals surface area contributed by atoms with Gasteiger partial charge in [0.1, 0.15) is 6.04 Å². The molecule has 2 aromatic carbocycles. The number of carboxylic acids is 1. The lowest BCUT2D eigenvalue weighted by Gasteiger charge is -2.36. The number of nitrogens with zero attached hydrogens (tertiary/aromatic N) is 1. The second kappa shape index (κ2) is 10.1. The highest BCUT2D eigenvalue weighted by atomic mass is 32.2. The van der Waals surface area contributed by atoms with Gasteiger partial charge < -0.3 is 5.11 Å². The number of carbonyl (C=O) groups is 2. The molecule has 0 spiro atoms. The van der Waals surface area contributed by atoms with Crippen LogP contribution >= 0.6 is 0 Å². The summed E-state index contributed by atoms with van der Waals surface area (Å²) in [6.45, 7) is -0.365. The first-order chi connectivity index (χ1) is 16.6.